The highest BCUT2D eigenvalue weighted by atomic mass is 32.1. The van der Waals surface area contributed by atoms with Gasteiger partial charge in [-0.05, 0) is 29.7 Å². The Hall–Kier alpha value is -4.32. The van der Waals surface area contributed by atoms with Gasteiger partial charge in [0.2, 0.25) is 5.78 Å². The lowest BCUT2D eigenvalue weighted by molar-refractivity contribution is -0.274. The first-order valence-corrected chi connectivity index (χ1v) is 12.7. The van der Waals surface area contributed by atoms with E-state index in [1.807, 2.05) is 18.2 Å². The molecular weight excluding hydrogens is 533 g/mol. The van der Waals surface area contributed by atoms with Gasteiger partial charge in [-0.25, -0.2) is 4.98 Å². The van der Waals surface area contributed by atoms with E-state index in [1.165, 1.54) is 46.6 Å². The lowest BCUT2D eigenvalue weighted by Gasteiger charge is -2.15. The Bertz CT molecular complexity index is 1420. The Morgan fingerprint density at radius 2 is 1.85 bits per heavy atom. The van der Waals surface area contributed by atoms with Crippen LogP contribution in [0.1, 0.15) is 17.0 Å². The fraction of sp³-hybridized carbons (Fsp3) is 0.222. The predicted octanol–water partition coefficient (Wildman–Crippen LogP) is 4.61. The molecule has 0 aliphatic carbocycles. The van der Waals surface area contributed by atoms with Crippen molar-refractivity contribution in [3.63, 3.8) is 0 Å². The summed E-state index contributed by atoms with van der Waals surface area (Å²) in [4.78, 5) is 42.6. The number of amides is 1. The summed E-state index contributed by atoms with van der Waals surface area (Å²) in [6.45, 7) is -0.0719. The van der Waals surface area contributed by atoms with Gasteiger partial charge in [0.05, 0.1) is 19.3 Å². The third kappa shape index (κ3) is 8.34. The Kier molecular flexibility index (Phi) is 8.87. The van der Waals surface area contributed by atoms with Crippen LogP contribution in [0.25, 0.3) is 11.1 Å². The van der Waals surface area contributed by atoms with Crippen LogP contribution < -0.4 is 10.1 Å². The molecule has 4 rings (SSSR count). The smallest absolute Gasteiger partial charge is 0.406 e. The van der Waals surface area contributed by atoms with E-state index in [-0.39, 0.29) is 37.5 Å². The van der Waals surface area contributed by atoms with Crippen LogP contribution in [0, 0.1) is 5.92 Å². The summed E-state index contributed by atoms with van der Waals surface area (Å²) >= 11 is 1.34. The molecule has 0 bridgehead atoms. The fourth-order valence-electron chi connectivity index (χ4n) is 3.92. The normalized spacial score (nSPS) is 12.1. The van der Waals surface area contributed by atoms with Crippen molar-refractivity contribution in [1.29, 1.82) is 0 Å². The summed E-state index contributed by atoms with van der Waals surface area (Å²) in [5.41, 5.74) is 1.71. The zero-order valence-corrected chi connectivity index (χ0v) is 21.2. The van der Waals surface area contributed by atoms with E-state index in [9.17, 15) is 27.6 Å². The molecule has 0 fully saturated rings. The van der Waals surface area contributed by atoms with Crippen molar-refractivity contribution in [2.75, 3.05) is 0 Å². The summed E-state index contributed by atoms with van der Waals surface area (Å²) in [6, 6.07) is 14.5. The van der Waals surface area contributed by atoms with Crippen LogP contribution in [-0.2, 0) is 33.9 Å². The van der Waals surface area contributed by atoms with E-state index in [2.05, 4.69) is 20.1 Å². The van der Waals surface area contributed by atoms with Crippen LogP contribution in [0.4, 0.5) is 13.2 Å². The molecule has 0 radical (unpaired) electrons. The lowest BCUT2D eigenvalue weighted by Crippen LogP contribution is -2.37. The molecule has 12 heteroatoms. The first kappa shape index (κ1) is 27.7. The summed E-state index contributed by atoms with van der Waals surface area (Å²) in [6.07, 6.45) is -0.286. The van der Waals surface area contributed by atoms with E-state index in [4.69, 9.17) is 0 Å². The number of carbonyl (C=O) groups excluding carboxylic acids is 3. The molecule has 1 atom stereocenters. The Morgan fingerprint density at radius 3 is 2.56 bits per heavy atom. The Balaban J connectivity index is 1.42. The maximum atomic E-state index is 13.0. The van der Waals surface area contributed by atoms with Gasteiger partial charge in [0.1, 0.15) is 10.8 Å². The average molecular weight is 557 g/mol. The van der Waals surface area contributed by atoms with Gasteiger partial charge in [-0.3, -0.25) is 19.1 Å². The average Bonchev–Trinajstić information content (AvgIpc) is 3.59. The summed E-state index contributed by atoms with van der Waals surface area (Å²) in [7, 11) is 0. The number of hydrogen-bond donors (Lipinski definition) is 1. The molecule has 8 nitrogen and oxygen atoms in total. The molecule has 0 aliphatic rings. The van der Waals surface area contributed by atoms with Gasteiger partial charge < -0.3 is 10.1 Å². The van der Waals surface area contributed by atoms with Gasteiger partial charge in [0.15, 0.2) is 5.78 Å². The third-order valence-electron chi connectivity index (χ3n) is 5.65. The lowest BCUT2D eigenvalue weighted by atomic mass is 9.90. The molecule has 4 aromatic rings. The van der Waals surface area contributed by atoms with Gasteiger partial charge >= 0.3 is 6.36 Å². The van der Waals surface area contributed by atoms with Crippen molar-refractivity contribution in [1.82, 2.24) is 20.1 Å². The molecule has 2 aromatic carbocycles. The van der Waals surface area contributed by atoms with Gasteiger partial charge in [0.25, 0.3) is 5.91 Å². The first-order valence-electron chi connectivity index (χ1n) is 11.8. The van der Waals surface area contributed by atoms with Crippen molar-refractivity contribution >= 4 is 28.8 Å². The number of Topliss-reactive ketones (excluding diaryl/α,β-unsaturated/α-hetero) is 2. The Morgan fingerprint density at radius 1 is 1.05 bits per heavy atom. The molecule has 0 unspecified atom stereocenters. The Labute approximate surface area is 225 Å². The monoisotopic (exact) mass is 556 g/mol. The van der Waals surface area contributed by atoms with E-state index in [1.54, 1.807) is 29.8 Å². The van der Waals surface area contributed by atoms with Gasteiger partial charge in [-0.1, -0.05) is 42.5 Å². The van der Waals surface area contributed by atoms with Gasteiger partial charge in [-0.2, -0.15) is 5.10 Å². The molecule has 0 aliphatic heterocycles. The number of nitrogens with zero attached hydrogens (tertiary/aromatic N) is 3. The quantitative estimate of drug-likeness (QED) is 0.256. The predicted molar refractivity (Wildman–Crippen MR) is 137 cm³/mol. The van der Waals surface area contributed by atoms with E-state index < -0.39 is 24.0 Å². The number of thiazole rings is 1. The van der Waals surface area contributed by atoms with Crippen molar-refractivity contribution in [3.05, 3.63) is 89.1 Å². The van der Waals surface area contributed by atoms with Crippen LogP contribution in [0.2, 0.25) is 0 Å². The molecule has 0 saturated heterocycles. The summed E-state index contributed by atoms with van der Waals surface area (Å²) < 4.78 is 42.9. The number of rotatable bonds is 12. The minimum Gasteiger partial charge on any atom is -0.406 e. The summed E-state index contributed by atoms with van der Waals surface area (Å²) in [5.74, 6) is -3.09. The SMILES string of the molecule is O=C(C[C@H](Cc1ccccc1)C(=O)C(=O)NCc1nccs1)Cn1cc(-c2cccc(OC(F)(F)F)c2)cn1. The second-order valence-corrected chi connectivity index (χ2v) is 9.58. The standard InChI is InChI=1S/C27H23F3N4O4S/c28-27(29,30)38-23-8-4-7-19(13-23)21-14-33-34(16-21)17-22(35)12-20(11-18-5-2-1-3-6-18)25(36)26(37)32-15-24-31-9-10-39-24/h1-10,13-14,16,20H,11-12,15,17H2,(H,32,37)/t20-/m0/s1. The largest absolute Gasteiger partial charge is 0.573 e. The van der Waals surface area contributed by atoms with Crippen LogP contribution in [0.15, 0.2) is 78.6 Å². The minimum atomic E-state index is -4.82. The zero-order valence-electron chi connectivity index (χ0n) is 20.4. The molecule has 0 saturated carbocycles. The van der Waals surface area contributed by atoms with Crippen LogP contribution in [-0.4, -0.2) is 38.6 Å². The van der Waals surface area contributed by atoms with Crippen molar-refractivity contribution in [3.8, 4) is 16.9 Å². The highest BCUT2D eigenvalue weighted by Crippen LogP contribution is 2.28. The molecular formula is C27H23F3N4O4S. The molecule has 2 aromatic heterocycles. The van der Waals surface area contributed by atoms with Crippen molar-refractivity contribution < 1.29 is 32.3 Å². The van der Waals surface area contributed by atoms with Gasteiger partial charge in [0, 0.05) is 35.7 Å². The topological polar surface area (TPSA) is 103 Å². The number of halogens is 3. The highest BCUT2D eigenvalue weighted by Gasteiger charge is 2.31. The van der Waals surface area contributed by atoms with Crippen LogP contribution in [0.5, 0.6) is 5.75 Å². The summed E-state index contributed by atoms with van der Waals surface area (Å²) in [5, 5.41) is 9.10. The molecule has 0 spiro atoms. The number of ketones is 2. The molecule has 2 heterocycles. The number of alkyl halides is 3. The second kappa shape index (κ2) is 12.5. The van der Waals surface area contributed by atoms with Crippen LogP contribution in [0.3, 0.4) is 0 Å². The maximum absolute atomic E-state index is 13.0. The molecule has 39 heavy (non-hydrogen) atoms. The number of carbonyl (C=O) groups is 3. The first-order chi connectivity index (χ1) is 18.7. The highest BCUT2D eigenvalue weighted by molar-refractivity contribution is 7.09. The van der Waals surface area contributed by atoms with Crippen molar-refractivity contribution in [2.45, 2.75) is 32.3 Å². The zero-order chi connectivity index (χ0) is 27.8. The number of hydrogen-bond acceptors (Lipinski definition) is 7. The minimum absolute atomic E-state index is 0.111. The second-order valence-electron chi connectivity index (χ2n) is 8.60. The number of nitrogens with one attached hydrogen (secondary N) is 1. The fourth-order valence-corrected chi connectivity index (χ4v) is 4.47. The molecule has 1 N–H and O–H groups in total. The number of ether oxygens (including phenoxy) is 1. The van der Waals surface area contributed by atoms with Gasteiger partial charge in [-0.15, -0.1) is 24.5 Å². The third-order valence-corrected chi connectivity index (χ3v) is 6.43. The number of benzene rings is 2. The van der Waals surface area contributed by atoms with E-state index >= 15 is 0 Å². The maximum Gasteiger partial charge on any atom is 0.573 e. The van der Waals surface area contributed by atoms with Crippen LogP contribution >= 0.6 is 11.3 Å². The molecule has 1 amide bonds. The molecule has 202 valence electrons. The van der Waals surface area contributed by atoms with E-state index in [0.717, 1.165) is 5.56 Å². The number of aromatic nitrogens is 3. The van der Waals surface area contributed by atoms with E-state index in [0.29, 0.717) is 16.1 Å². The van der Waals surface area contributed by atoms with Crippen molar-refractivity contribution in [2.24, 2.45) is 5.92 Å².